The fourth-order valence-corrected chi connectivity index (χ4v) is 3.61. The quantitative estimate of drug-likeness (QED) is 0.582. The Morgan fingerprint density at radius 2 is 2.05 bits per heavy atom. The van der Waals surface area contributed by atoms with Crippen molar-refractivity contribution in [1.29, 1.82) is 0 Å². The van der Waals surface area contributed by atoms with Gasteiger partial charge in [0.25, 0.3) is 0 Å². The molecule has 0 saturated carbocycles. The summed E-state index contributed by atoms with van der Waals surface area (Å²) in [6, 6.07) is 11.5. The Balaban J connectivity index is 1.45. The predicted molar refractivity (Wildman–Crippen MR) is 89.5 cm³/mol. The minimum absolute atomic E-state index is 0.803. The third-order valence-electron chi connectivity index (χ3n) is 4.03. The lowest BCUT2D eigenvalue weighted by atomic mass is 10.0. The molecule has 0 radical (unpaired) electrons. The largest absolute Gasteiger partial charge is 0.316 e. The Morgan fingerprint density at radius 3 is 2.85 bits per heavy atom. The molecule has 1 aliphatic rings. The van der Waals surface area contributed by atoms with E-state index in [1.165, 1.54) is 43.7 Å². The van der Waals surface area contributed by atoms with Crippen molar-refractivity contribution < 1.29 is 0 Å². The van der Waals surface area contributed by atoms with E-state index in [2.05, 4.69) is 47.5 Å². The van der Waals surface area contributed by atoms with Gasteiger partial charge < -0.3 is 10.2 Å². The van der Waals surface area contributed by atoms with Gasteiger partial charge >= 0.3 is 0 Å². The number of piperidine rings is 1. The van der Waals surface area contributed by atoms with Gasteiger partial charge in [-0.15, -0.1) is 11.8 Å². The summed E-state index contributed by atoms with van der Waals surface area (Å²) in [6.45, 7) is 7.21. The second-order valence-electron chi connectivity index (χ2n) is 5.65. The summed E-state index contributed by atoms with van der Waals surface area (Å²) in [6.07, 6.45) is 5.49. The van der Waals surface area contributed by atoms with Gasteiger partial charge in [-0.3, -0.25) is 0 Å². The van der Waals surface area contributed by atoms with E-state index in [1.54, 1.807) is 0 Å². The van der Waals surface area contributed by atoms with Crippen molar-refractivity contribution in [1.82, 2.24) is 10.2 Å². The Kier molecular flexibility index (Phi) is 7.48. The van der Waals surface area contributed by atoms with Crippen LogP contribution in [0.15, 0.2) is 35.2 Å². The molecule has 1 heterocycles. The van der Waals surface area contributed by atoms with Crippen molar-refractivity contribution in [3.63, 3.8) is 0 Å². The lowest BCUT2D eigenvalue weighted by molar-refractivity contribution is 0.159. The lowest BCUT2D eigenvalue weighted by Gasteiger charge is -2.33. The summed E-state index contributed by atoms with van der Waals surface area (Å²) in [5, 5.41) is 3.56. The maximum Gasteiger partial charge on any atom is 0.0106 e. The average Bonchev–Trinajstić information content (AvgIpc) is 2.49. The maximum atomic E-state index is 3.56. The van der Waals surface area contributed by atoms with E-state index in [9.17, 15) is 0 Å². The standard InChI is InChI=1S/C17H28N2S/c1-16-8-5-6-13-19(16)14-7-11-18-12-15-20-17-9-3-2-4-10-17/h2-4,9-10,16,18H,5-8,11-15H2,1H3. The molecule has 0 aromatic heterocycles. The zero-order chi connectivity index (χ0) is 14.0. The number of likely N-dealkylation sites (tertiary alicyclic amines) is 1. The van der Waals surface area contributed by atoms with Crippen LogP contribution in [-0.4, -0.2) is 42.9 Å². The molecule has 1 N–H and O–H groups in total. The van der Waals surface area contributed by atoms with Crippen LogP contribution in [0.5, 0.6) is 0 Å². The molecular weight excluding hydrogens is 264 g/mol. The van der Waals surface area contributed by atoms with Gasteiger partial charge in [0.1, 0.15) is 0 Å². The van der Waals surface area contributed by atoms with Crippen LogP contribution in [0.1, 0.15) is 32.6 Å². The van der Waals surface area contributed by atoms with Crippen molar-refractivity contribution in [2.75, 3.05) is 31.9 Å². The van der Waals surface area contributed by atoms with Crippen molar-refractivity contribution in [3.8, 4) is 0 Å². The monoisotopic (exact) mass is 292 g/mol. The van der Waals surface area contributed by atoms with Crippen LogP contribution in [-0.2, 0) is 0 Å². The highest BCUT2D eigenvalue weighted by atomic mass is 32.2. The van der Waals surface area contributed by atoms with Crippen molar-refractivity contribution in [2.24, 2.45) is 0 Å². The molecule has 1 saturated heterocycles. The Labute approximate surface area is 128 Å². The Bertz CT molecular complexity index is 355. The molecule has 0 spiro atoms. The maximum absolute atomic E-state index is 3.56. The van der Waals surface area contributed by atoms with E-state index >= 15 is 0 Å². The molecule has 0 aliphatic carbocycles. The summed E-state index contributed by atoms with van der Waals surface area (Å²) in [5.41, 5.74) is 0. The zero-order valence-corrected chi connectivity index (χ0v) is 13.5. The summed E-state index contributed by atoms with van der Waals surface area (Å²) >= 11 is 1.93. The van der Waals surface area contributed by atoms with Gasteiger partial charge in [-0.2, -0.15) is 0 Å². The van der Waals surface area contributed by atoms with E-state index in [-0.39, 0.29) is 0 Å². The number of nitrogens with one attached hydrogen (secondary N) is 1. The average molecular weight is 292 g/mol. The summed E-state index contributed by atoms with van der Waals surface area (Å²) in [7, 11) is 0. The summed E-state index contributed by atoms with van der Waals surface area (Å²) in [4.78, 5) is 4.03. The van der Waals surface area contributed by atoms with E-state index in [1.807, 2.05) is 11.8 Å². The van der Waals surface area contributed by atoms with Crippen LogP contribution >= 0.6 is 11.8 Å². The SMILES string of the molecule is CC1CCCCN1CCCNCCSc1ccccc1. The number of hydrogen-bond donors (Lipinski definition) is 1. The van der Waals surface area contributed by atoms with Gasteiger partial charge in [0.05, 0.1) is 0 Å². The number of hydrogen-bond acceptors (Lipinski definition) is 3. The molecule has 20 heavy (non-hydrogen) atoms. The van der Waals surface area contributed by atoms with E-state index < -0.39 is 0 Å². The van der Waals surface area contributed by atoms with E-state index in [0.717, 1.165) is 24.9 Å². The van der Waals surface area contributed by atoms with Gasteiger partial charge in [-0.1, -0.05) is 24.6 Å². The molecule has 1 aromatic carbocycles. The van der Waals surface area contributed by atoms with Crippen molar-refractivity contribution >= 4 is 11.8 Å². The van der Waals surface area contributed by atoms with Crippen LogP contribution in [0.4, 0.5) is 0 Å². The molecule has 3 heteroatoms. The number of nitrogens with zero attached hydrogens (tertiary/aromatic N) is 1. The molecule has 1 aliphatic heterocycles. The molecule has 0 bridgehead atoms. The second kappa shape index (κ2) is 9.43. The molecule has 2 nitrogen and oxygen atoms in total. The van der Waals surface area contributed by atoms with Crippen LogP contribution in [0.3, 0.4) is 0 Å². The lowest BCUT2D eigenvalue weighted by Crippen LogP contribution is -2.39. The van der Waals surface area contributed by atoms with Gasteiger partial charge in [0.15, 0.2) is 0 Å². The first-order valence-corrected chi connectivity index (χ1v) is 8.97. The van der Waals surface area contributed by atoms with Crippen LogP contribution in [0.25, 0.3) is 0 Å². The topological polar surface area (TPSA) is 15.3 Å². The highest BCUT2D eigenvalue weighted by Crippen LogP contribution is 2.16. The minimum atomic E-state index is 0.803. The fraction of sp³-hybridized carbons (Fsp3) is 0.647. The number of benzene rings is 1. The van der Waals surface area contributed by atoms with Gasteiger partial charge in [0, 0.05) is 23.2 Å². The normalized spacial score (nSPS) is 20.1. The molecular formula is C17H28N2S. The third-order valence-corrected chi connectivity index (χ3v) is 5.04. The van der Waals surface area contributed by atoms with Crippen LogP contribution in [0.2, 0.25) is 0 Å². The Morgan fingerprint density at radius 1 is 1.20 bits per heavy atom. The molecule has 2 rings (SSSR count). The first kappa shape index (κ1) is 15.9. The molecule has 1 aromatic rings. The smallest absolute Gasteiger partial charge is 0.0106 e. The van der Waals surface area contributed by atoms with Crippen LogP contribution in [0, 0.1) is 0 Å². The molecule has 0 amide bonds. The fourth-order valence-electron chi connectivity index (χ4n) is 2.78. The predicted octanol–water partition coefficient (Wildman–Crippen LogP) is 3.63. The first-order chi connectivity index (χ1) is 9.86. The molecule has 1 unspecified atom stereocenters. The van der Waals surface area contributed by atoms with E-state index in [4.69, 9.17) is 0 Å². The number of thioether (sulfide) groups is 1. The summed E-state index contributed by atoms with van der Waals surface area (Å²) in [5.74, 6) is 1.16. The third kappa shape index (κ3) is 5.86. The summed E-state index contributed by atoms with van der Waals surface area (Å²) < 4.78 is 0. The molecule has 1 fully saturated rings. The molecule has 112 valence electrons. The zero-order valence-electron chi connectivity index (χ0n) is 12.7. The minimum Gasteiger partial charge on any atom is -0.316 e. The highest BCUT2D eigenvalue weighted by molar-refractivity contribution is 7.99. The molecule has 1 atom stereocenters. The van der Waals surface area contributed by atoms with Crippen LogP contribution < -0.4 is 5.32 Å². The Hall–Kier alpha value is -0.510. The van der Waals surface area contributed by atoms with E-state index in [0.29, 0.717) is 0 Å². The number of rotatable bonds is 8. The van der Waals surface area contributed by atoms with Gasteiger partial charge in [-0.05, 0) is 58.0 Å². The van der Waals surface area contributed by atoms with Gasteiger partial charge in [0.2, 0.25) is 0 Å². The van der Waals surface area contributed by atoms with Crippen molar-refractivity contribution in [2.45, 2.75) is 43.5 Å². The highest BCUT2D eigenvalue weighted by Gasteiger charge is 2.16. The first-order valence-electron chi connectivity index (χ1n) is 7.99. The second-order valence-corrected chi connectivity index (χ2v) is 6.81. The van der Waals surface area contributed by atoms with Crippen molar-refractivity contribution in [3.05, 3.63) is 30.3 Å². The van der Waals surface area contributed by atoms with Gasteiger partial charge in [-0.25, -0.2) is 0 Å².